The van der Waals surface area contributed by atoms with Crippen molar-refractivity contribution in [2.75, 3.05) is 32.8 Å². The van der Waals surface area contributed by atoms with Crippen molar-refractivity contribution in [1.29, 1.82) is 0 Å². The van der Waals surface area contributed by atoms with Gasteiger partial charge in [0.25, 0.3) is 0 Å². The number of rotatable bonds is 43. The number of aliphatic hydroxyl groups excluding tert-OH is 2. The van der Waals surface area contributed by atoms with Crippen molar-refractivity contribution in [3.63, 3.8) is 0 Å². The van der Waals surface area contributed by atoms with E-state index in [9.17, 15) is 72.9 Å². The van der Waals surface area contributed by atoms with E-state index in [4.69, 9.17) is 40.1 Å². The van der Waals surface area contributed by atoms with Crippen LogP contribution in [-0.2, 0) is 64.0 Å². The fourth-order valence-electron chi connectivity index (χ4n) is 8.16. The maximum absolute atomic E-state index is 14.5. The maximum Gasteiger partial charge on any atom is 0.303 e. The van der Waals surface area contributed by atoms with Crippen LogP contribution in [0.2, 0.25) is 0 Å². The first-order chi connectivity index (χ1) is 41.3. The van der Waals surface area contributed by atoms with Gasteiger partial charge in [0.2, 0.25) is 65.0 Å². The lowest BCUT2D eigenvalue weighted by molar-refractivity contribution is -0.139. The molecule has 0 aliphatic carbocycles. The average molecular weight is 1250 g/mol. The van der Waals surface area contributed by atoms with Crippen LogP contribution in [-0.4, -0.2) is 207 Å². The number of amides is 11. The summed E-state index contributed by atoms with van der Waals surface area (Å²) in [5, 5.41) is 53.4. The molecule has 0 fully saturated rings. The molecule has 36 nitrogen and oxygen atoms in total. The number of imidazole rings is 1. The Kier molecular flexibility index (Phi) is 35.6. The summed E-state index contributed by atoms with van der Waals surface area (Å²) < 4.78 is 0. The number of aromatic nitrogens is 2. The van der Waals surface area contributed by atoms with Crippen LogP contribution in [0, 0.1) is 11.8 Å². The largest absolute Gasteiger partial charge is 0.481 e. The Morgan fingerprint density at radius 3 is 1.36 bits per heavy atom. The van der Waals surface area contributed by atoms with Crippen molar-refractivity contribution in [1.82, 2.24) is 63.1 Å². The van der Waals surface area contributed by atoms with Gasteiger partial charge in [-0.15, -0.1) is 0 Å². The third kappa shape index (κ3) is 30.0. The van der Waals surface area contributed by atoms with E-state index < -0.39 is 169 Å². The van der Waals surface area contributed by atoms with E-state index in [2.05, 4.69) is 73.1 Å². The van der Waals surface area contributed by atoms with Crippen LogP contribution in [0.25, 0.3) is 0 Å². The van der Waals surface area contributed by atoms with E-state index in [0.29, 0.717) is 18.5 Å². The van der Waals surface area contributed by atoms with Crippen molar-refractivity contribution < 1.29 is 72.9 Å². The summed E-state index contributed by atoms with van der Waals surface area (Å²) in [6, 6.07) is -15.7. The molecule has 28 N–H and O–H groups in total. The molecule has 0 aromatic carbocycles. The Morgan fingerprint density at radius 1 is 0.511 bits per heavy atom. The van der Waals surface area contributed by atoms with Gasteiger partial charge in [-0.3, -0.25) is 67.5 Å². The van der Waals surface area contributed by atoms with Crippen molar-refractivity contribution in [3.8, 4) is 0 Å². The summed E-state index contributed by atoms with van der Waals surface area (Å²) in [6.45, 7) is 7.82. The lowest BCUT2D eigenvalue weighted by atomic mass is 9.99. The standard InChI is InChI=1S/C52H93N21O15/c1-25(2)19-35(48(86)69-33(13-10-18-62-52(58)59)45(83)68-31(11-7-8-16-53)46(84)72-37(23-75)40(55)78)70-49(87)36(20-29-21-60-24-63-29)71-50(88)39(26(3)4)73-47(85)34(14-15-38(76)77)67-42(80)28(6)65-44(82)32(12-9-17-61-51(56)57)66-41(79)27(5)64-43(81)30(54)22-74/h21,24-28,30-37,39,74-75H,7-20,22-23,53-54H2,1-6H3,(H2,55,78)(H,60,63)(H,64,81)(H,65,82)(H,66,79)(H,67,80)(H,68,83)(H,69,86)(H,70,87)(H,71,88)(H,72,84)(H,73,85)(H,76,77)(H4,56,57,61)(H4,58,59,62)/t27-,28-,30-,31-,32-,33-,34-,35-,36-,37-,39-/m0/s1. The van der Waals surface area contributed by atoms with Crippen molar-refractivity contribution in [3.05, 3.63) is 18.2 Å². The number of hydrogen-bond donors (Lipinski definition) is 21. The number of nitrogens with zero attached hydrogens (tertiary/aromatic N) is 3. The van der Waals surface area contributed by atoms with E-state index in [1.165, 1.54) is 40.2 Å². The average Bonchev–Trinajstić information content (AvgIpc) is 4.15. The van der Waals surface area contributed by atoms with E-state index in [1.807, 2.05) is 0 Å². The van der Waals surface area contributed by atoms with Gasteiger partial charge >= 0.3 is 5.97 Å². The number of aliphatic hydroxyl groups is 2. The Morgan fingerprint density at radius 2 is 0.932 bits per heavy atom. The number of unbranched alkanes of at least 4 members (excludes halogenated alkanes) is 1. The third-order valence-corrected chi connectivity index (χ3v) is 13.1. The van der Waals surface area contributed by atoms with Crippen LogP contribution in [0.3, 0.4) is 0 Å². The molecule has 88 heavy (non-hydrogen) atoms. The number of carboxylic acids is 1. The number of carbonyl (C=O) groups excluding carboxylic acids is 11. The molecule has 0 spiro atoms. The number of carboxylic acid groups (broad SMARTS) is 1. The molecular weight excluding hydrogens is 1160 g/mol. The molecule has 0 bridgehead atoms. The quantitative estimate of drug-likeness (QED) is 0.0164. The van der Waals surface area contributed by atoms with Crippen molar-refractivity contribution in [2.24, 2.45) is 62.0 Å². The molecule has 0 saturated heterocycles. The molecule has 0 aliphatic rings. The minimum absolute atomic E-state index is 0.0138. The van der Waals surface area contributed by atoms with Gasteiger partial charge in [-0.05, 0) is 90.0 Å². The summed E-state index contributed by atoms with van der Waals surface area (Å²) in [7, 11) is 0. The SMILES string of the molecule is CC(C)C[C@H](NC(=O)[C@H](Cc1cnc[nH]1)NC(=O)[C@@H](NC(=O)[C@H](CCC(=O)O)NC(=O)[C@H](C)NC(=O)[C@H](CCCN=C(N)N)NC(=O)[C@H](C)NC(=O)[C@@H](N)CO)C(C)C)C(=O)N[C@@H](CCCN=C(N)N)C(=O)N[C@@H](CCCCN)C(=O)N[C@@H](CO)C(N)=O. The van der Waals surface area contributed by atoms with Crippen LogP contribution < -0.4 is 93.3 Å². The number of primary amides is 1. The van der Waals surface area contributed by atoms with Gasteiger partial charge in [0.1, 0.15) is 66.5 Å². The molecule has 1 heterocycles. The van der Waals surface area contributed by atoms with Gasteiger partial charge in [0.15, 0.2) is 11.9 Å². The van der Waals surface area contributed by atoms with Gasteiger partial charge in [-0.1, -0.05) is 27.7 Å². The number of nitrogens with one attached hydrogen (secondary N) is 11. The Hall–Kier alpha value is -8.77. The second-order valence-corrected chi connectivity index (χ2v) is 21.5. The minimum atomic E-state index is -1.65. The normalized spacial score (nSPS) is 14.8. The smallest absolute Gasteiger partial charge is 0.303 e. The fourth-order valence-corrected chi connectivity index (χ4v) is 8.16. The maximum atomic E-state index is 14.5. The molecule has 496 valence electrons. The van der Waals surface area contributed by atoms with Crippen LogP contribution in [0.15, 0.2) is 22.5 Å². The molecule has 0 radical (unpaired) electrons. The molecule has 0 saturated carbocycles. The first-order valence-electron chi connectivity index (χ1n) is 28.7. The van der Waals surface area contributed by atoms with Gasteiger partial charge in [-0.25, -0.2) is 4.98 Å². The lowest BCUT2D eigenvalue weighted by Crippen LogP contribution is -2.61. The molecule has 36 heteroatoms. The molecule has 1 aromatic rings. The van der Waals surface area contributed by atoms with Gasteiger partial charge in [-0.2, -0.15) is 0 Å². The monoisotopic (exact) mass is 1250 g/mol. The van der Waals surface area contributed by atoms with Crippen LogP contribution >= 0.6 is 0 Å². The van der Waals surface area contributed by atoms with Crippen LogP contribution in [0.5, 0.6) is 0 Å². The molecule has 11 atom stereocenters. The number of guanidine groups is 2. The van der Waals surface area contributed by atoms with Crippen molar-refractivity contribution in [2.45, 2.75) is 179 Å². The predicted molar refractivity (Wildman–Crippen MR) is 318 cm³/mol. The summed E-state index contributed by atoms with van der Waals surface area (Å²) in [6.07, 6.45) is 2.03. The summed E-state index contributed by atoms with van der Waals surface area (Å²) >= 11 is 0. The fraction of sp³-hybridized carbons (Fsp3) is 0.673. The minimum Gasteiger partial charge on any atom is -0.481 e. The van der Waals surface area contributed by atoms with Gasteiger partial charge < -0.3 is 114 Å². The van der Waals surface area contributed by atoms with E-state index >= 15 is 0 Å². The van der Waals surface area contributed by atoms with Crippen LogP contribution in [0.1, 0.15) is 111 Å². The Bertz CT molecular complexity index is 2530. The molecule has 1 aromatic heterocycles. The molecular formula is C52H93N21O15. The number of aliphatic imine (C=N–C) groups is 2. The van der Waals surface area contributed by atoms with E-state index in [1.54, 1.807) is 13.8 Å². The second-order valence-electron chi connectivity index (χ2n) is 21.5. The van der Waals surface area contributed by atoms with E-state index in [0.717, 1.165) is 0 Å². The number of hydrogen-bond acceptors (Lipinski definition) is 19. The highest BCUT2D eigenvalue weighted by Gasteiger charge is 2.36. The van der Waals surface area contributed by atoms with Crippen LogP contribution in [0.4, 0.5) is 0 Å². The zero-order chi connectivity index (χ0) is 66.8. The topological polar surface area (TPSA) is 621 Å². The number of nitrogens with two attached hydrogens (primary N) is 7. The van der Waals surface area contributed by atoms with Gasteiger partial charge in [0.05, 0.1) is 19.5 Å². The third-order valence-electron chi connectivity index (χ3n) is 13.1. The Labute approximate surface area is 509 Å². The number of aromatic amines is 1. The molecule has 1 rings (SSSR count). The first kappa shape index (κ1) is 77.2. The number of H-pyrrole nitrogens is 1. The van der Waals surface area contributed by atoms with Gasteiger partial charge in [0, 0.05) is 37.8 Å². The molecule has 0 unspecified atom stereocenters. The Balaban J connectivity index is 3.56. The number of aliphatic carboxylic acids is 1. The summed E-state index contributed by atoms with van der Waals surface area (Å²) in [4.78, 5) is 176. The first-order valence-corrected chi connectivity index (χ1v) is 28.7. The highest BCUT2D eigenvalue weighted by Crippen LogP contribution is 2.13. The summed E-state index contributed by atoms with van der Waals surface area (Å²) in [5.74, 6) is -13.1. The molecule has 11 amide bonds. The highest BCUT2D eigenvalue weighted by atomic mass is 16.4. The predicted octanol–water partition coefficient (Wildman–Crippen LogP) is -8.56. The molecule has 0 aliphatic heterocycles. The highest BCUT2D eigenvalue weighted by molar-refractivity contribution is 5.99. The zero-order valence-corrected chi connectivity index (χ0v) is 50.6. The lowest BCUT2D eigenvalue weighted by Gasteiger charge is -2.29. The second kappa shape index (κ2) is 40.6. The van der Waals surface area contributed by atoms with Crippen molar-refractivity contribution >= 4 is 82.9 Å². The van der Waals surface area contributed by atoms with E-state index in [-0.39, 0.29) is 82.4 Å². The zero-order valence-electron chi connectivity index (χ0n) is 50.6. The number of carbonyl (C=O) groups is 12. The summed E-state index contributed by atoms with van der Waals surface area (Å²) in [5.41, 5.74) is 38.6.